The summed E-state index contributed by atoms with van der Waals surface area (Å²) in [5.74, 6) is 0.271. The summed E-state index contributed by atoms with van der Waals surface area (Å²) in [7, 11) is 1.81. The van der Waals surface area contributed by atoms with Crippen LogP contribution in [0.2, 0.25) is 0 Å². The van der Waals surface area contributed by atoms with E-state index in [0.717, 1.165) is 64.2 Å². The van der Waals surface area contributed by atoms with Crippen LogP contribution in [0.3, 0.4) is 0 Å². The SMILES string of the molecule is CCC(CCC[C@@H](NC)OCO)[C@H](O)CC[C@H]1CCCCC(O)O1. The Morgan fingerprint density at radius 2 is 1.96 bits per heavy atom. The lowest BCUT2D eigenvalue weighted by molar-refractivity contribution is -0.136. The predicted molar refractivity (Wildman–Crippen MR) is 93.2 cm³/mol. The summed E-state index contributed by atoms with van der Waals surface area (Å²) in [5.41, 5.74) is 0. The molecule has 0 saturated carbocycles. The van der Waals surface area contributed by atoms with E-state index >= 15 is 0 Å². The average Bonchev–Trinajstić information content (AvgIpc) is 2.79. The van der Waals surface area contributed by atoms with Gasteiger partial charge in [-0.25, -0.2) is 0 Å². The second-order valence-corrected chi connectivity index (χ2v) is 6.81. The van der Waals surface area contributed by atoms with Crippen LogP contribution < -0.4 is 5.32 Å². The highest BCUT2D eigenvalue weighted by Gasteiger charge is 2.22. The van der Waals surface area contributed by atoms with Crippen LogP contribution in [0.4, 0.5) is 0 Å². The van der Waals surface area contributed by atoms with Crippen molar-refractivity contribution in [1.29, 1.82) is 0 Å². The van der Waals surface area contributed by atoms with Crippen molar-refractivity contribution in [1.82, 2.24) is 5.32 Å². The minimum absolute atomic E-state index is 0.0706. The van der Waals surface area contributed by atoms with E-state index in [1.807, 2.05) is 7.05 Å². The van der Waals surface area contributed by atoms with Crippen LogP contribution in [0.15, 0.2) is 0 Å². The maximum atomic E-state index is 10.5. The molecule has 0 bridgehead atoms. The molecule has 24 heavy (non-hydrogen) atoms. The first-order chi connectivity index (χ1) is 11.6. The summed E-state index contributed by atoms with van der Waals surface area (Å²) in [5, 5.41) is 32.0. The van der Waals surface area contributed by atoms with Gasteiger partial charge in [-0.1, -0.05) is 19.8 Å². The molecule has 1 rings (SSSR count). The largest absolute Gasteiger partial charge is 0.393 e. The summed E-state index contributed by atoms with van der Waals surface area (Å²) in [6.07, 6.45) is 7.95. The van der Waals surface area contributed by atoms with Crippen molar-refractivity contribution in [3.05, 3.63) is 0 Å². The van der Waals surface area contributed by atoms with E-state index in [4.69, 9.17) is 14.6 Å². The number of nitrogens with one attached hydrogen (secondary N) is 1. The van der Waals surface area contributed by atoms with Crippen LogP contribution in [0.5, 0.6) is 0 Å². The van der Waals surface area contributed by atoms with Crippen molar-refractivity contribution in [2.75, 3.05) is 13.8 Å². The fraction of sp³-hybridized carbons (Fsp3) is 1.00. The molecule has 0 spiro atoms. The zero-order chi connectivity index (χ0) is 17.8. The standard InChI is InChI=1S/C18H37NO5/c1-3-14(7-6-9-17(19-2)23-13-20)16(21)12-11-15-8-4-5-10-18(22)24-15/h14-22H,3-13H2,1-2H3/t14?,15-,16-,17+,18?/m1/s1. The molecule has 0 aromatic heterocycles. The van der Waals surface area contributed by atoms with Crippen molar-refractivity contribution in [2.24, 2.45) is 5.92 Å². The Kier molecular flexibility index (Phi) is 11.8. The second kappa shape index (κ2) is 13.0. The number of hydrogen-bond donors (Lipinski definition) is 4. The molecule has 5 atom stereocenters. The first kappa shape index (κ1) is 21.8. The van der Waals surface area contributed by atoms with E-state index in [-0.39, 0.29) is 31.1 Å². The lowest BCUT2D eigenvalue weighted by Gasteiger charge is -2.25. The molecule has 0 aromatic rings. The molecule has 1 aliphatic rings. The monoisotopic (exact) mass is 347 g/mol. The number of rotatable bonds is 12. The van der Waals surface area contributed by atoms with Gasteiger partial charge in [0.25, 0.3) is 0 Å². The highest BCUT2D eigenvalue weighted by atomic mass is 16.6. The highest BCUT2D eigenvalue weighted by molar-refractivity contribution is 4.72. The van der Waals surface area contributed by atoms with Gasteiger partial charge in [0.05, 0.1) is 12.2 Å². The highest BCUT2D eigenvalue weighted by Crippen LogP contribution is 2.25. The third-order valence-corrected chi connectivity index (χ3v) is 5.07. The van der Waals surface area contributed by atoms with Gasteiger partial charge in [-0.3, -0.25) is 5.32 Å². The van der Waals surface area contributed by atoms with Crippen LogP contribution in [0.1, 0.15) is 71.1 Å². The van der Waals surface area contributed by atoms with Gasteiger partial charge >= 0.3 is 0 Å². The molecule has 0 aromatic carbocycles. The smallest absolute Gasteiger partial charge is 0.154 e. The van der Waals surface area contributed by atoms with Crippen LogP contribution in [0.25, 0.3) is 0 Å². The molecule has 0 radical (unpaired) electrons. The van der Waals surface area contributed by atoms with Crippen LogP contribution in [0, 0.1) is 5.92 Å². The number of aliphatic hydroxyl groups is 3. The van der Waals surface area contributed by atoms with Gasteiger partial charge in [0.15, 0.2) is 6.29 Å². The van der Waals surface area contributed by atoms with Gasteiger partial charge in [-0.05, 0) is 64.3 Å². The minimum Gasteiger partial charge on any atom is -0.393 e. The fourth-order valence-electron chi connectivity index (χ4n) is 3.49. The van der Waals surface area contributed by atoms with E-state index in [0.29, 0.717) is 0 Å². The minimum atomic E-state index is -0.637. The molecule has 2 unspecified atom stereocenters. The van der Waals surface area contributed by atoms with Gasteiger partial charge in [-0.15, -0.1) is 0 Å². The van der Waals surface area contributed by atoms with E-state index in [9.17, 15) is 10.2 Å². The van der Waals surface area contributed by atoms with Crippen molar-refractivity contribution >= 4 is 0 Å². The quantitative estimate of drug-likeness (QED) is 0.404. The van der Waals surface area contributed by atoms with Gasteiger partial charge in [-0.2, -0.15) is 0 Å². The third-order valence-electron chi connectivity index (χ3n) is 5.07. The summed E-state index contributed by atoms with van der Waals surface area (Å²) < 4.78 is 10.8. The summed E-state index contributed by atoms with van der Waals surface area (Å²) >= 11 is 0. The summed E-state index contributed by atoms with van der Waals surface area (Å²) in [6, 6.07) is 0. The van der Waals surface area contributed by atoms with Gasteiger partial charge in [0, 0.05) is 0 Å². The topological polar surface area (TPSA) is 91.2 Å². The van der Waals surface area contributed by atoms with E-state index in [1.165, 1.54) is 0 Å². The Morgan fingerprint density at radius 1 is 1.21 bits per heavy atom. The molecule has 1 saturated heterocycles. The molecular weight excluding hydrogens is 310 g/mol. The Morgan fingerprint density at radius 3 is 2.62 bits per heavy atom. The maximum absolute atomic E-state index is 10.5. The van der Waals surface area contributed by atoms with Crippen molar-refractivity contribution in [3.8, 4) is 0 Å². The predicted octanol–water partition coefficient (Wildman–Crippen LogP) is 2.11. The maximum Gasteiger partial charge on any atom is 0.154 e. The van der Waals surface area contributed by atoms with Gasteiger partial charge in [0.1, 0.15) is 13.0 Å². The van der Waals surface area contributed by atoms with E-state index < -0.39 is 6.29 Å². The Labute approximate surface area is 146 Å². The zero-order valence-corrected chi connectivity index (χ0v) is 15.3. The molecule has 144 valence electrons. The number of aliphatic hydroxyl groups excluding tert-OH is 3. The lowest BCUT2D eigenvalue weighted by Crippen LogP contribution is -2.29. The van der Waals surface area contributed by atoms with Crippen LogP contribution in [-0.4, -0.2) is 53.9 Å². The first-order valence-electron chi connectivity index (χ1n) is 9.52. The molecule has 0 aliphatic carbocycles. The summed E-state index contributed by atoms with van der Waals surface area (Å²) in [4.78, 5) is 0. The van der Waals surface area contributed by atoms with Crippen molar-refractivity contribution in [3.63, 3.8) is 0 Å². The van der Waals surface area contributed by atoms with Gasteiger partial charge in [0.2, 0.25) is 0 Å². The van der Waals surface area contributed by atoms with Crippen LogP contribution in [-0.2, 0) is 9.47 Å². The molecule has 1 heterocycles. The fourth-order valence-corrected chi connectivity index (χ4v) is 3.49. The molecular formula is C18H37NO5. The Balaban J connectivity index is 2.28. The lowest BCUT2D eigenvalue weighted by atomic mass is 9.89. The molecule has 6 heteroatoms. The molecule has 0 amide bonds. The van der Waals surface area contributed by atoms with E-state index in [2.05, 4.69) is 12.2 Å². The Bertz CT molecular complexity index is 305. The zero-order valence-electron chi connectivity index (χ0n) is 15.3. The third kappa shape index (κ3) is 8.74. The van der Waals surface area contributed by atoms with Crippen LogP contribution >= 0.6 is 0 Å². The summed E-state index contributed by atoms with van der Waals surface area (Å²) in [6.45, 7) is 1.83. The normalized spacial score (nSPS) is 25.9. The first-order valence-corrected chi connectivity index (χ1v) is 9.52. The number of hydrogen-bond acceptors (Lipinski definition) is 6. The second-order valence-electron chi connectivity index (χ2n) is 6.81. The number of ether oxygens (including phenoxy) is 2. The van der Waals surface area contributed by atoms with Crippen molar-refractivity contribution < 1.29 is 24.8 Å². The van der Waals surface area contributed by atoms with Crippen molar-refractivity contribution in [2.45, 2.75) is 95.9 Å². The molecule has 1 aliphatic heterocycles. The molecule has 4 N–H and O–H groups in total. The molecule has 1 fully saturated rings. The molecule has 6 nitrogen and oxygen atoms in total. The van der Waals surface area contributed by atoms with E-state index in [1.54, 1.807) is 0 Å². The van der Waals surface area contributed by atoms with Gasteiger partial charge < -0.3 is 24.8 Å². The average molecular weight is 347 g/mol. The Hall–Kier alpha value is -0.240.